The average Bonchev–Trinajstić information content (AvgIpc) is 3.34. The molecule has 1 aliphatic carbocycles. The van der Waals surface area contributed by atoms with Crippen LogP contribution in [0.15, 0.2) is 30.6 Å². The summed E-state index contributed by atoms with van der Waals surface area (Å²) in [6.45, 7) is 0.338. The number of aromatic nitrogens is 2. The van der Waals surface area contributed by atoms with Gasteiger partial charge in [-0.05, 0) is 48.6 Å². The van der Waals surface area contributed by atoms with E-state index in [9.17, 15) is 29.1 Å². The van der Waals surface area contributed by atoms with Crippen molar-refractivity contribution in [1.82, 2.24) is 30.4 Å². The highest BCUT2D eigenvalue weighted by Crippen LogP contribution is 2.27. The van der Waals surface area contributed by atoms with Gasteiger partial charge in [0.2, 0.25) is 5.91 Å². The van der Waals surface area contributed by atoms with Gasteiger partial charge in [-0.15, -0.1) is 0 Å². The van der Waals surface area contributed by atoms with Gasteiger partial charge < -0.3 is 26.0 Å². The molecule has 1 saturated carbocycles. The maximum Gasteiger partial charge on any atom is 0.407 e. The van der Waals surface area contributed by atoms with Gasteiger partial charge in [0.15, 0.2) is 0 Å². The minimum atomic E-state index is -1.06. The molecule has 3 atom stereocenters. The van der Waals surface area contributed by atoms with E-state index in [1.807, 2.05) is 0 Å². The molecule has 1 aliphatic heterocycles. The molecule has 0 radical (unpaired) electrons. The van der Waals surface area contributed by atoms with Gasteiger partial charge in [0.25, 0.3) is 5.91 Å². The molecule has 0 bridgehead atoms. The molecule has 0 spiro atoms. The van der Waals surface area contributed by atoms with E-state index in [0.29, 0.717) is 23.4 Å². The number of carboxylic acid groups (broad SMARTS) is 1. The average molecular weight is 558 g/mol. The van der Waals surface area contributed by atoms with Crippen LogP contribution in [0, 0.1) is 5.92 Å². The Morgan fingerprint density at radius 1 is 0.974 bits per heavy atom. The van der Waals surface area contributed by atoms with Gasteiger partial charge >= 0.3 is 17.9 Å². The largest absolute Gasteiger partial charge is 0.465 e. The minimum Gasteiger partial charge on any atom is -0.465 e. The first kappa shape index (κ1) is 27.8. The van der Waals surface area contributed by atoms with Crippen molar-refractivity contribution in [2.45, 2.75) is 44.4 Å². The Morgan fingerprint density at radius 3 is 2.38 bits per heavy atom. The lowest BCUT2D eigenvalue weighted by molar-refractivity contribution is -0.137. The fourth-order valence-corrected chi connectivity index (χ4v) is 4.84. The van der Waals surface area contributed by atoms with Crippen molar-refractivity contribution in [2.24, 2.45) is 5.92 Å². The van der Waals surface area contributed by atoms with Crippen molar-refractivity contribution >= 4 is 47.1 Å². The van der Waals surface area contributed by atoms with Gasteiger partial charge in [0.1, 0.15) is 11.5 Å². The second kappa shape index (κ2) is 11.6. The molecule has 5 amide bonds. The van der Waals surface area contributed by atoms with Gasteiger partial charge in [0, 0.05) is 45.0 Å². The van der Waals surface area contributed by atoms with Gasteiger partial charge in [-0.2, -0.15) is 0 Å². The summed E-state index contributed by atoms with van der Waals surface area (Å²) in [5, 5.41) is 17.5. The first-order chi connectivity index (χ1) is 18.5. The quantitative estimate of drug-likeness (QED) is 0.397. The zero-order chi connectivity index (χ0) is 28.3. The Kier molecular flexibility index (Phi) is 8.29. The van der Waals surface area contributed by atoms with Gasteiger partial charge in [-0.25, -0.2) is 9.78 Å². The van der Waals surface area contributed by atoms with E-state index in [-0.39, 0.29) is 42.8 Å². The molecule has 3 heterocycles. The Bertz CT molecular complexity index is 1300. The summed E-state index contributed by atoms with van der Waals surface area (Å²) >= 11 is 5.80. The van der Waals surface area contributed by atoms with Crippen LogP contribution in [0.5, 0.6) is 0 Å². The molecule has 13 nitrogen and oxygen atoms in total. The normalized spacial score (nSPS) is 20.0. The van der Waals surface area contributed by atoms with Crippen molar-refractivity contribution in [3.05, 3.63) is 52.4 Å². The number of anilines is 1. The molecule has 4 rings (SSSR count). The topological polar surface area (TPSA) is 174 Å². The van der Waals surface area contributed by atoms with Crippen LogP contribution in [0.2, 0.25) is 5.02 Å². The molecule has 2 aliphatic rings. The van der Waals surface area contributed by atoms with Gasteiger partial charge in [0.05, 0.1) is 17.6 Å². The van der Waals surface area contributed by atoms with Crippen LogP contribution in [0.4, 0.5) is 10.6 Å². The van der Waals surface area contributed by atoms with Crippen LogP contribution < -0.4 is 16.0 Å². The van der Waals surface area contributed by atoms with Gasteiger partial charge in [-0.1, -0.05) is 11.6 Å². The van der Waals surface area contributed by atoms with E-state index in [1.165, 1.54) is 34.3 Å². The predicted octanol–water partition coefficient (Wildman–Crippen LogP) is 1.23. The fourth-order valence-electron chi connectivity index (χ4n) is 4.73. The summed E-state index contributed by atoms with van der Waals surface area (Å²) in [5.74, 6) is -2.74. The third kappa shape index (κ3) is 6.60. The standard InChI is InChI=1S/C25H28ClN7O6/c1-32(2)24(37)13-3-5-17(29-22(35)23(36)31-20-6-4-16(26)10-28-20)18(7-13)30-21(34)19-8-14-11-33(25(38)39)12-15(14)9-27-19/h4,6,8-10,13,17-18H,3,5,7,11-12H2,1-2H3,(H,29,35)(H,30,34)(H,38,39)(H,28,31,36)/t13-,17-,18+/m0/s1. The number of carbonyl (C=O) groups excluding carboxylic acids is 4. The summed E-state index contributed by atoms with van der Waals surface area (Å²) in [7, 11) is 3.29. The van der Waals surface area contributed by atoms with E-state index < -0.39 is 35.9 Å². The molecule has 0 unspecified atom stereocenters. The number of pyridine rings is 2. The highest BCUT2D eigenvalue weighted by molar-refractivity contribution is 6.39. The number of nitrogens with zero attached hydrogens (tertiary/aromatic N) is 4. The molecule has 4 N–H and O–H groups in total. The number of fused-ring (bicyclic) bond motifs is 1. The lowest BCUT2D eigenvalue weighted by Gasteiger charge is -2.37. The molecule has 2 aromatic heterocycles. The van der Waals surface area contributed by atoms with Crippen LogP contribution in [0.3, 0.4) is 0 Å². The van der Waals surface area contributed by atoms with E-state index in [2.05, 4.69) is 25.9 Å². The second-order valence-electron chi connectivity index (χ2n) is 9.70. The van der Waals surface area contributed by atoms with Crippen molar-refractivity contribution in [2.75, 3.05) is 19.4 Å². The fraction of sp³-hybridized carbons (Fsp3) is 0.400. The Balaban J connectivity index is 1.46. The van der Waals surface area contributed by atoms with Crippen molar-refractivity contribution in [1.29, 1.82) is 0 Å². The Hall–Kier alpha value is -4.26. The monoisotopic (exact) mass is 557 g/mol. The summed E-state index contributed by atoms with van der Waals surface area (Å²) in [4.78, 5) is 73.1. The molecular weight excluding hydrogens is 530 g/mol. The van der Waals surface area contributed by atoms with Crippen LogP contribution in [0.25, 0.3) is 0 Å². The maximum atomic E-state index is 13.2. The molecule has 1 fully saturated rings. The summed E-state index contributed by atoms with van der Waals surface area (Å²) in [6.07, 6.45) is 2.78. The number of rotatable bonds is 5. The molecule has 2 aromatic rings. The van der Waals surface area contributed by atoms with Crippen molar-refractivity contribution in [3.8, 4) is 0 Å². The highest BCUT2D eigenvalue weighted by atomic mass is 35.5. The summed E-state index contributed by atoms with van der Waals surface area (Å²) in [6, 6.07) is 3.21. The van der Waals surface area contributed by atoms with Crippen LogP contribution in [-0.4, -0.2) is 80.8 Å². The predicted molar refractivity (Wildman–Crippen MR) is 139 cm³/mol. The summed E-state index contributed by atoms with van der Waals surface area (Å²) in [5.41, 5.74) is 1.48. The van der Waals surface area contributed by atoms with E-state index in [4.69, 9.17) is 11.6 Å². The smallest absolute Gasteiger partial charge is 0.407 e. The maximum absolute atomic E-state index is 13.2. The summed E-state index contributed by atoms with van der Waals surface area (Å²) < 4.78 is 0. The molecule has 206 valence electrons. The lowest BCUT2D eigenvalue weighted by Crippen LogP contribution is -2.57. The number of carbonyl (C=O) groups is 5. The van der Waals surface area contributed by atoms with Crippen LogP contribution in [0.1, 0.15) is 40.9 Å². The third-order valence-electron chi connectivity index (χ3n) is 6.76. The number of nitrogens with one attached hydrogen (secondary N) is 3. The van der Waals surface area contributed by atoms with Gasteiger partial charge in [-0.3, -0.25) is 29.1 Å². The van der Waals surface area contributed by atoms with Crippen LogP contribution in [-0.2, 0) is 27.5 Å². The number of hydrogen-bond acceptors (Lipinski definition) is 7. The van der Waals surface area contributed by atoms with E-state index in [0.717, 1.165) is 5.56 Å². The SMILES string of the molecule is CN(C)C(=O)[C@H]1CC[C@H](NC(=O)C(=O)Nc2ccc(Cl)cn2)[C@H](NC(=O)c2cc3c(cn2)CN(C(=O)O)C3)C1. The Labute approximate surface area is 228 Å². The zero-order valence-electron chi connectivity index (χ0n) is 21.3. The molecule has 0 saturated heterocycles. The lowest BCUT2D eigenvalue weighted by atomic mass is 9.81. The van der Waals surface area contributed by atoms with E-state index in [1.54, 1.807) is 20.2 Å². The minimum absolute atomic E-state index is 0.0821. The molecular formula is C25H28ClN7O6. The molecule has 39 heavy (non-hydrogen) atoms. The number of halogens is 1. The zero-order valence-corrected chi connectivity index (χ0v) is 22.1. The molecule has 0 aromatic carbocycles. The highest BCUT2D eigenvalue weighted by Gasteiger charge is 2.37. The molecule has 14 heteroatoms. The second-order valence-corrected chi connectivity index (χ2v) is 10.1. The first-order valence-electron chi connectivity index (χ1n) is 12.2. The Morgan fingerprint density at radius 2 is 1.72 bits per heavy atom. The third-order valence-corrected chi connectivity index (χ3v) is 6.98. The van der Waals surface area contributed by atoms with Crippen molar-refractivity contribution in [3.63, 3.8) is 0 Å². The van der Waals surface area contributed by atoms with Crippen LogP contribution >= 0.6 is 11.6 Å². The number of hydrogen-bond donors (Lipinski definition) is 4. The first-order valence-corrected chi connectivity index (χ1v) is 12.6. The van der Waals surface area contributed by atoms with E-state index >= 15 is 0 Å². The number of amides is 5. The van der Waals surface area contributed by atoms with Crippen molar-refractivity contribution < 1.29 is 29.1 Å².